The fourth-order valence-corrected chi connectivity index (χ4v) is 4.95. The fraction of sp³-hybridized carbons (Fsp3) is 0.429. The summed E-state index contributed by atoms with van der Waals surface area (Å²) in [6, 6.07) is 4.53. The van der Waals surface area contributed by atoms with Crippen molar-refractivity contribution in [3.63, 3.8) is 0 Å². The van der Waals surface area contributed by atoms with Crippen LogP contribution in [0.2, 0.25) is 0 Å². The predicted octanol–water partition coefficient (Wildman–Crippen LogP) is 5.35. The van der Waals surface area contributed by atoms with E-state index in [1.165, 1.54) is 12.8 Å². The van der Waals surface area contributed by atoms with Gasteiger partial charge in [-0.05, 0) is 51.7 Å². The lowest BCUT2D eigenvalue weighted by Gasteiger charge is -2.16. The van der Waals surface area contributed by atoms with Crippen molar-refractivity contribution in [3.05, 3.63) is 40.0 Å². The summed E-state index contributed by atoms with van der Waals surface area (Å²) in [5.41, 5.74) is 3.16. The van der Waals surface area contributed by atoms with Gasteiger partial charge in [-0.25, -0.2) is 15.0 Å². The van der Waals surface area contributed by atoms with Crippen LogP contribution < -0.4 is 5.32 Å². The van der Waals surface area contributed by atoms with E-state index in [9.17, 15) is 4.79 Å². The Hall–Kier alpha value is -2.32. The number of amides is 1. The maximum absolute atomic E-state index is 10.3. The molecule has 3 aromatic heterocycles. The largest absolute Gasteiger partial charge is 0.342 e. The summed E-state index contributed by atoms with van der Waals surface area (Å²) in [5, 5.41) is 7.20. The average molecular weight is 430 g/mol. The van der Waals surface area contributed by atoms with Gasteiger partial charge in [-0.3, -0.25) is 4.79 Å². The number of aromatic nitrogens is 3. The van der Waals surface area contributed by atoms with E-state index in [4.69, 9.17) is 0 Å². The molecule has 1 aliphatic rings. The van der Waals surface area contributed by atoms with Gasteiger partial charge in [0.25, 0.3) is 0 Å². The second-order valence-electron chi connectivity index (χ2n) is 7.08. The topological polar surface area (TPSA) is 71.0 Å². The van der Waals surface area contributed by atoms with Crippen molar-refractivity contribution in [3.8, 4) is 10.6 Å². The van der Waals surface area contributed by atoms with E-state index < -0.39 is 0 Å². The quantitative estimate of drug-likeness (QED) is 0.554. The van der Waals surface area contributed by atoms with E-state index in [-0.39, 0.29) is 0 Å². The van der Waals surface area contributed by atoms with Crippen molar-refractivity contribution in [2.24, 2.45) is 0 Å². The van der Waals surface area contributed by atoms with Crippen LogP contribution in [0.1, 0.15) is 42.5 Å². The van der Waals surface area contributed by atoms with Crippen LogP contribution >= 0.6 is 22.7 Å². The number of rotatable bonds is 5. The summed E-state index contributed by atoms with van der Waals surface area (Å²) in [7, 11) is 0. The number of carbonyl (C=O) groups is 1. The molecule has 8 heteroatoms. The monoisotopic (exact) mass is 429 g/mol. The second-order valence-corrected chi connectivity index (χ2v) is 9.14. The highest BCUT2D eigenvalue weighted by Gasteiger charge is 2.20. The molecule has 0 aromatic carbocycles. The Kier molecular flexibility index (Phi) is 7.33. The fourth-order valence-electron chi connectivity index (χ4n) is 3.29. The number of thiazole rings is 2. The highest BCUT2D eigenvalue weighted by atomic mass is 32.1. The van der Waals surface area contributed by atoms with E-state index >= 15 is 0 Å². The zero-order valence-corrected chi connectivity index (χ0v) is 18.9. The van der Waals surface area contributed by atoms with Crippen LogP contribution in [-0.2, 0) is 4.79 Å². The summed E-state index contributed by atoms with van der Waals surface area (Å²) in [6.07, 6.45) is 6.32. The smallest absolute Gasteiger partial charge is 0.209 e. The molecule has 6 nitrogen and oxygen atoms in total. The first-order valence-corrected chi connectivity index (χ1v) is 11.5. The molecule has 1 N–H and O–H groups in total. The zero-order chi connectivity index (χ0) is 20.8. The van der Waals surface area contributed by atoms with Gasteiger partial charge in [-0.1, -0.05) is 13.0 Å². The summed E-state index contributed by atoms with van der Waals surface area (Å²) in [4.78, 5) is 26.7. The van der Waals surface area contributed by atoms with Crippen molar-refractivity contribution in [1.29, 1.82) is 0 Å². The van der Waals surface area contributed by atoms with Crippen LogP contribution in [0.3, 0.4) is 0 Å². The van der Waals surface area contributed by atoms with Crippen LogP contribution in [-0.4, -0.2) is 38.8 Å². The molecule has 4 rings (SSSR count). The van der Waals surface area contributed by atoms with E-state index in [0.29, 0.717) is 6.04 Å². The summed E-state index contributed by atoms with van der Waals surface area (Å²) in [6.45, 7) is 9.16. The Morgan fingerprint density at radius 1 is 1.28 bits per heavy atom. The molecule has 0 spiro atoms. The lowest BCUT2D eigenvalue weighted by Crippen LogP contribution is -2.26. The molecule has 0 radical (unpaired) electrons. The first-order chi connectivity index (χ1) is 14.0. The first-order valence-electron chi connectivity index (χ1n) is 9.80. The highest BCUT2D eigenvalue weighted by Crippen LogP contribution is 2.32. The minimum atomic E-state index is 0.544. The molecule has 0 aliphatic carbocycles. The molecule has 1 aliphatic heterocycles. The minimum Gasteiger partial charge on any atom is -0.342 e. The normalized spacial score (nSPS) is 15.7. The van der Waals surface area contributed by atoms with Crippen LogP contribution in [0.15, 0.2) is 23.7 Å². The van der Waals surface area contributed by atoms with Crippen LogP contribution in [0.5, 0.6) is 0 Å². The van der Waals surface area contributed by atoms with Crippen molar-refractivity contribution < 1.29 is 4.79 Å². The van der Waals surface area contributed by atoms with Gasteiger partial charge in [0, 0.05) is 24.2 Å². The molecule has 1 atom stereocenters. The van der Waals surface area contributed by atoms with E-state index in [1.54, 1.807) is 22.7 Å². The number of anilines is 2. The molecule has 3 aromatic rings. The van der Waals surface area contributed by atoms with Crippen molar-refractivity contribution in [1.82, 2.24) is 19.9 Å². The molecule has 1 amide bonds. The van der Waals surface area contributed by atoms with Crippen molar-refractivity contribution in [2.45, 2.75) is 53.0 Å². The molecule has 0 unspecified atom stereocenters. The van der Waals surface area contributed by atoms with Crippen LogP contribution in [0.25, 0.3) is 10.6 Å². The number of pyridine rings is 1. The Bertz CT molecular complexity index is 935. The van der Waals surface area contributed by atoms with Gasteiger partial charge in [0.15, 0.2) is 5.13 Å². The van der Waals surface area contributed by atoms with Gasteiger partial charge >= 0.3 is 0 Å². The predicted molar refractivity (Wildman–Crippen MR) is 121 cm³/mol. The lowest BCUT2D eigenvalue weighted by molar-refractivity contribution is -0.118. The third kappa shape index (κ3) is 5.61. The van der Waals surface area contributed by atoms with Gasteiger partial charge in [0.1, 0.15) is 5.82 Å². The molecular formula is C21H27N5OS2. The lowest BCUT2D eigenvalue weighted by atomic mass is 10.2. The number of hydrogen-bond donors (Lipinski definition) is 1. The molecule has 4 heterocycles. The number of likely N-dealkylation sites (tertiary alicyclic amines) is 1. The SMILES string of the molecule is CC[C@@H]1CCCN1C=O.Cc1ccc(Nc2nc(-c3sc(C)nc3C)cs2)nc1. The number of nitrogens with zero attached hydrogens (tertiary/aromatic N) is 4. The van der Waals surface area contributed by atoms with E-state index in [1.807, 2.05) is 44.0 Å². The maximum atomic E-state index is 10.3. The number of carbonyl (C=O) groups excluding carboxylic acids is 1. The Morgan fingerprint density at radius 2 is 2.10 bits per heavy atom. The van der Waals surface area contributed by atoms with E-state index in [2.05, 4.69) is 32.6 Å². The Labute approximate surface area is 180 Å². The molecule has 1 fully saturated rings. The van der Waals surface area contributed by atoms with E-state index in [0.717, 1.165) is 57.2 Å². The number of hydrogen-bond acceptors (Lipinski definition) is 7. The van der Waals surface area contributed by atoms with Gasteiger partial charge in [0.05, 0.1) is 21.3 Å². The zero-order valence-electron chi connectivity index (χ0n) is 17.3. The molecule has 1 saturated heterocycles. The van der Waals surface area contributed by atoms with Gasteiger partial charge in [0.2, 0.25) is 6.41 Å². The van der Waals surface area contributed by atoms with Gasteiger partial charge < -0.3 is 10.2 Å². The first kappa shape index (κ1) is 21.4. The maximum Gasteiger partial charge on any atom is 0.209 e. The van der Waals surface area contributed by atoms with Gasteiger partial charge in [-0.2, -0.15) is 0 Å². The Balaban J connectivity index is 0.000000224. The third-order valence-electron chi connectivity index (χ3n) is 4.82. The van der Waals surface area contributed by atoms with Crippen molar-refractivity contribution >= 4 is 40.0 Å². The van der Waals surface area contributed by atoms with Crippen molar-refractivity contribution in [2.75, 3.05) is 11.9 Å². The summed E-state index contributed by atoms with van der Waals surface area (Å²) < 4.78 is 0. The Morgan fingerprint density at radius 3 is 2.69 bits per heavy atom. The summed E-state index contributed by atoms with van der Waals surface area (Å²) in [5.74, 6) is 0.814. The molecule has 0 saturated carbocycles. The molecule has 29 heavy (non-hydrogen) atoms. The average Bonchev–Trinajstić information content (AvgIpc) is 3.43. The third-order valence-corrected chi connectivity index (χ3v) is 6.67. The standard InChI is InChI=1S/C14H14N4S2.C7H13NO/c1-8-4-5-12(15-6-8)18-14-17-11(7-19-14)13-9(2)16-10(3)20-13;1-2-7-4-3-5-8(7)6-9/h4-7H,1-3H3,(H,15,17,18);6-7H,2-5H2,1H3/t;7-/m.1/s1. The van der Waals surface area contributed by atoms with Crippen LogP contribution in [0.4, 0.5) is 10.9 Å². The molecule has 154 valence electrons. The number of aryl methyl sites for hydroxylation is 3. The minimum absolute atomic E-state index is 0.544. The number of nitrogens with one attached hydrogen (secondary N) is 1. The molecular weight excluding hydrogens is 402 g/mol. The highest BCUT2D eigenvalue weighted by molar-refractivity contribution is 7.16. The molecule has 0 bridgehead atoms. The van der Waals surface area contributed by atoms with Crippen LogP contribution in [0, 0.1) is 20.8 Å². The second kappa shape index (κ2) is 9.93. The summed E-state index contributed by atoms with van der Waals surface area (Å²) >= 11 is 3.26. The van der Waals surface area contributed by atoms with Gasteiger partial charge in [-0.15, -0.1) is 22.7 Å².